The second-order valence-corrected chi connectivity index (χ2v) is 7.61. The van der Waals surface area contributed by atoms with Gasteiger partial charge in [0.15, 0.2) is 0 Å². The minimum absolute atomic E-state index is 0.0565. The number of carbonyl (C=O) groups excluding carboxylic acids is 2. The number of likely N-dealkylation sites (tertiary alicyclic amines) is 1. The average molecular weight is 399 g/mol. The highest BCUT2D eigenvalue weighted by Crippen LogP contribution is 2.22. The van der Waals surface area contributed by atoms with Gasteiger partial charge in [0, 0.05) is 25.2 Å². The molecule has 1 fully saturated rings. The fraction of sp³-hybridized carbons (Fsp3) is 0.500. The molecule has 1 saturated heterocycles. The van der Waals surface area contributed by atoms with Gasteiger partial charge in [-0.2, -0.15) is 0 Å². The van der Waals surface area contributed by atoms with Crippen LogP contribution in [-0.2, 0) is 16.1 Å². The van der Waals surface area contributed by atoms with Crippen molar-refractivity contribution in [3.05, 3.63) is 42.3 Å². The predicted octanol–water partition coefficient (Wildman–Crippen LogP) is 2.58. The van der Waals surface area contributed by atoms with Crippen LogP contribution < -0.4 is 10.6 Å². The third kappa shape index (κ3) is 5.90. The van der Waals surface area contributed by atoms with E-state index in [4.69, 9.17) is 4.42 Å². The summed E-state index contributed by atoms with van der Waals surface area (Å²) in [5, 5.41) is 5.67. The molecule has 1 aromatic heterocycles. The van der Waals surface area contributed by atoms with Crippen molar-refractivity contribution in [1.29, 1.82) is 0 Å². The van der Waals surface area contributed by atoms with Crippen LogP contribution in [0.2, 0.25) is 0 Å². The molecule has 0 spiro atoms. The van der Waals surface area contributed by atoms with Crippen LogP contribution in [0.15, 0.2) is 41.0 Å². The molecule has 1 aliphatic rings. The number of amides is 2. The normalized spacial score (nSPS) is 18.2. The van der Waals surface area contributed by atoms with Crippen molar-refractivity contribution in [2.24, 2.45) is 5.92 Å². The quantitative estimate of drug-likeness (QED) is 0.714. The summed E-state index contributed by atoms with van der Waals surface area (Å²) >= 11 is 0. The Bertz CT molecular complexity index is 805. The van der Waals surface area contributed by atoms with E-state index in [1.165, 1.54) is 0 Å². The van der Waals surface area contributed by atoms with Gasteiger partial charge in [0.25, 0.3) is 0 Å². The van der Waals surface area contributed by atoms with Crippen LogP contribution in [0.4, 0.5) is 0 Å². The smallest absolute Gasteiger partial charge is 0.242 e. The molecule has 3 rings (SSSR count). The lowest BCUT2D eigenvalue weighted by Crippen LogP contribution is -2.49. The summed E-state index contributed by atoms with van der Waals surface area (Å²) in [7, 11) is 0. The minimum atomic E-state index is -0.520. The zero-order valence-corrected chi connectivity index (χ0v) is 17.2. The first-order chi connectivity index (χ1) is 14.1. The van der Waals surface area contributed by atoms with Crippen molar-refractivity contribution in [2.45, 2.75) is 45.7 Å². The molecular formula is C22H30N4O3. The Morgan fingerprint density at radius 3 is 2.86 bits per heavy atom. The summed E-state index contributed by atoms with van der Waals surface area (Å²) in [6, 6.07) is 9.28. The zero-order chi connectivity index (χ0) is 20.6. The van der Waals surface area contributed by atoms with Crippen LogP contribution in [-0.4, -0.2) is 47.4 Å². The van der Waals surface area contributed by atoms with E-state index in [0.717, 1.165) is 37.1 Å². The van der Waals surface area contributed by atoms with E-state index in [9.17, 15) is 9.59 Å². The minimum Gasteiger partial charge on any atom is -0.444 e. The maximum absolute atomic E-state index is 12.6. The second kappa shape index (κ2) is 10.2. The van der Waals surface area contributed by atoms with Gasteiger partial charge in [-0.15, -0.1) is 0 Å². The first-order valence-corrected chi connectivity index (χ1v) is 10.4. The molecule has 156 valence electrons. The van der Waals surface area contributed by atoms with Crippen molar-refractivity contribution in [3.8, 4) is 11.5 Å². The molecule has 7 nitrogen and oxygen atoms in total. The summed E-state index contributed by atoms with van der Waals surface area (Å²) in [6.07, 6.45) is 4.34. The Hall–Kier alpha value is -2.67. The Balaban J connectivity index is 1.52. The lowest BCUT2D eigenvalue weighted by Gasteiger charge is -2.31. The topological polar surface area (TPSA) is 87.5 Å². The summed E-state index contributed by atoms with van der Waals surface area (Å²) in [5.74, 6) is 0.298. The molecule has 2 aromatic rings. The second-order valence-electron chi connectivity index (χ2n) is 7.61. The molecule has 7 heteroatoms. The molecule has 0 saturated carbocycles. The van der Waals surface area contributed by atoms with E-state index in [2.05, 4.69) is 20.5 Å². The van der Waals surface area contributed by atoms with Gasteiger partial charge < -0.3 is 15.1 Å². The average Bonchev–Trinajstić information content (AvgIpc) is 3.21. The number of aromatic nitrogens is 1. The molecule has 0 bridgehead atoms. The van der Waals surface area contributed by atoms with Gasteiger partial charge in [-0.25, -0.2) is 4.98 Å². The maximum atomic E-state index is 12.6. The number of oxazole rings is 1. The van der Waals surface area contributed by atoms with Crippen molar-refractivity contribution in [3.63, 3.8) is 0 Å². The molecule has 2 N–H and O–H groups in total. The lowest BCUT2D eigenvalue weighted by molar-refractivity contribution is -0.131. The van der Waals surface area contributed by atoms with Crippen molar-refractivity contribution in [2.75, 3.05) is 19.6 Å². The Labute approximate surface area is 171 Å². The molecule has 0 aliphatic carbocycles. The van der Waals surface area contributed by atoms with Gasteiger partial charge >= 0.3 is 0 Å². The van der Waals surface area contributed by atoms with Crippen molar-refractivity contribution < 1.29 is 14.0 Å². The number of hydrogen-bond acceptors (Lipinski definition) is 5. The SMILES string of the molecule is CCCNC(=O)[C@@H](C)NC(=O)[C@@H]1CCCN(Cc2coc(-c3ccccc3)n2)C1. The number of piperidine rings is 1. The van der Waals surface area contributed by atoms with Gasteiger partial charge in [-0.05, 0) is 44.9 Å². The molecule has 1 aliphatic heterocycles. The molecule has 29 heavy (non-hydrogen) atoms. The fourth-order valence-electron chi connectivity index (χ4n) is 3.53. The van der Waals surface area contributed by atoms with E-state index in [-0.39, 0.29) is 17.7 Å². The number of nitrogens with zero attached hydrogens (tertiary/aromatic N) is 2. The summed E-state index contributed by atoms with van der Waals surface area (Å²) < 4.78 is 5.62. The standard InChI is InChI=1S/C22H30N4O3/c1-3-11-23-20(27)16(2)24-21(28)18-10-7-12-26(13-18)14-19-15-29-22(25-19)17-8-5-4-6-9-17/h4-6,8-9,15-16,18H,3,7,10-14H2,1-2H3,(H,23,27)(H,24,28)/t16-,18-/m1/s1. The van der Waals surface area contributed by atoms with Crippen LogP contribution in [0.1, 0.15) is 38.8 Å². The lowest BCUT2D eigenvalue weighted by atomic mass is 9.96. The number of nitrogens with one attached hydrogen (secondary N) is 2. The summed E-state index contributed by atoms with van der Waals surface area (Å²) in [6.45, 7) is 6.57. The summed E-state index contributed by atoms with van der Waals surface area (Å²) in [5.41, 5.74) is 1.81. The predicted molar refractivity (Wildman–Crippen MR) is 111 cm³/mol. The summed E-state index contributed by atoms with van der Waals surface area (Å²) in [4.78, 5) is 31.4. The van der Waals surface area contributed by atoms with Gasteiger partial charge in [0.2, 0.25) is 17.7 Å². The molecule has 1 aromatic carbocycles. The van der Waals surface area contributed by atoms with E-state index in [1.54, 1.807) is 13.2 Å². The Kier molecular flexibility index (Phi) is 7.41. The van der Waals surface area contributed by atoms with Crippen LogP contribution in [0.25, 0.3) is 11.5 Å². The zero-order valence-electron chi connectivity index (χ0n) is 17.2. The number of rotatable bonds is 8. The molecule has 2 heterocycles. The van der Waals surface area contributed by atoms with E-state index >= 15 is 0 Å². The number of carbonyl (C=O) groups is 2. The molecule has 0 radical (unpaired) electrons. The largest absolute Gasteiger partial charge is 0.444 e. The van der Waals surface area contributed by atoms with Gasteiger partial charge in [-0.1, -0.05) is 25.1 Å². The molecule has 2 atom stereocenters. The molecule has 2 amide bonds. The van der Waals surface area contributed by atoms with E-state index in [0.29, 0.717) is 25.5 Å². The van der Waals surface area contributed by atoms with Crippen LogP contribution >= 0.6 is 0 Å². The highest BCUT2D eigenvalue weighted by Gasteiger charge is 2.28. The van der Waals surface area contributed by atoms with Crippen LogP contribution in [0, 0.1) is 5.92 Å². The molecule has 0 unspecified atom stereocenters. The Morgan fingerprint density at radius 1 is 1.31 bits per heavy atom. The maximum Gasteiger partial charge on any atom is 0.242 e. The number of hydrogen-bond donors (Lipinski definition) is 2. The molecular weight excluding hydrogens is 368 g/mol. The third-order valence-corrected chi connectivity index (χ3v) is 5.14. The van der Waals surface area contributed by atoms with Crippen LogP contribution in [0.3, 0.4) is 0 Å². The van der Waals surface area contributed by atoms with E-state index in [1.807, 2.05) is 37.3 Å². The monoisotopic (exact) mass is 398 g/mol. The number of benzene rings is 1. The highest BCUT2D eigenvalue weighted by atomic mass is 16.3. The fourth-order valence-corrected chi connectivity index (χ4v) is 3.53. The van der Waals surface area contributed by atoms with Gasteiger partial charge in [0.1, 0.15) is 12.3 Å². The first kappa shape index (κ1) is 21.0. The van der Waals surface area contributed by atoms with Gasteiger partial charge in [-0.3, -0.25) is 14.5 Å². The van der Waals surface area contributed by atoms with Crippen LogP contribution in [0.5, 0.6) is 0 Å². The van der Waals surface area contributed by atoms with Crippen molar-refractivity contribution >= 4 is 11.8 Å². The Morgan fingerprint density at radius 2 is 2.10 bits per heavy atom. The van der Waals surface area contributed by atoms with E-state index < -0.39 is 6.04 Å². The third-order valence-electron chi connectivity index (χ3n) is 5.14. The highest BCUT2D eigenvalue weighted by molar-refractivity contribution is 5.88. The van der Waals surface area contributed by atoms with Crippen molar-refractivity contribution in [1.82, 2.24) is 20.5 Å². The first-order valence-electron chi connectivity index (χ1n) is 10.4. The van der Waals surface area contributed by atoms with Gasteiger partial charge in [0.05, 0.1) is 11.6 Å².